The molecular formula is C27H33N5O4S2. The van der Waals surface area contributed by atoms with Crippen LogP contribution < -0.4 is 10.1 Å². The molecule has 0 fully saturated rings. The smallest absolute Gasteiger partial charge is 0.256 e. The molecule has 202 valence electrons. The summed E-state index contributed by atoms with van der Waals surface area (Å²) in [6.07, 6.45) is 3.44. The second-order valence-electron chi connectivity index (χ2n) is 9.00. The lowest BCUT2D eigenvalue weighted by Crippen LogP contribution is -2.33. The largest absolute Gasteiger partial charge is 0.497 e. The summed E-state index contributed by atoms with van der Waals surface area (Å²) >= 11 is 1.45. The van der Waals surface area contributed by atoms with Crippen LogP contribution in [0.4, 0.5) is 5.82 Å². The van der Waals surface area contributed by atoms with E-state index in [4.69, 9.17) is 4.74 Å². The maximum atomic E-state index is 13.2. The zero-order chi connectivity index (χ0) is 27.3. The molecule has 4 rings (SSSR count). The van der Waals surface area contributed by atoms with Crippen molar-refractivity contribution in [3.05, 3.63) is 59.8 Å². The van der Waals surface area contributed by atoms with E-state index in [0.717, 1.165) is 41.6 Å². The van der Waals surface area contributed by atoms with Crippen LogP contribution in [0.1, 0.15) is 55.6 Å². The second kappa shape index (κ2) is 12.1. The fraction of sp³-hybridized carbons (Fsp3) is 0.370. The number of carbonyl (C=O) groups is 1. The Kier molecular flexibility index (Phi) is 8.80. The van der Waals surface area contributed by atoms with Crippen LogP contribution in [-0.2, 0) is 10.0 Å². The number of nitrogens with zero attached hydrogens (tertiary/aromatic N) is 4. The number of ether oxygens (including phenoxy) is 1. The van der Waals surface area contributed by atoms with Crippen LogP contribution in [0.5, 0.6) is 5.75 Å². The molecule has 2 aromatic carbocycles. The third-order valence-corrected chi connectivity index (χ3v) is 9.04. The lowest BCUT2D eigenvalue weighted by molar-refractivity contribution is 0.102. The predicted octanol–water partition coefficient (Wildman–Crippen LogP) is 5.64. The van der Waals surface area contributed by atoms with Gasteiger partial charge in [-0.1, -0.05) is 38.0 Å². The van der Waals surface area contributed by atoms with Crippen molar-refractivity contribution >= 4 is 43.3 Å². The van der Waals surface area contributed by atoms with Gasteiger partial charge in [-0.15, -0.1) is 0 Å². The number of amides is 1. The normalized spacial score (nSPS) is 11.8. The maximum absolute atomic E-state index is 13.2. The first-order valence-corrected chi connectivity index (χ1v) is 15.0. The third kappa shape index (κ3) is 6.06. The second-order valence-corrected chi connectivity index (χ2v) is 11.9. The fourth-order valence-electron chi connectivity index (χ4n) is 3.98. The molecule has 0 bridgehead atoms. The van der Waals surface area contributed by atoms with Gasteiger partial charge in [0.1, 0.15) is 11.6 Å². The number of anilines is 1. The van der Waals surface area contributed by atoms with Crippen molar-refractivity contribution in [1.29, 1.82) is 0 Å². The average Bonchev–Trinajstić information content (AvgIpc) is 3.50. The number of benzene rings is 2. The van der Waals surface area contributed by atoms with Crippen molar-refractivity contribution < 1.29 is 17.9 Å². The third-order valence-electron chi connectivity index (χ3n) is 6.11. The highest BCUT2D eigenvalue weighted by Crippen LogP contribution is 2.30. The van der Waals surface area contributed by atoms with E-state index in [1.54, 1.807) is 22.2 Å². The van der Waals surface area contributed by atoms with Gasteiger partial charge in [0.05, 0.1) is 27.9 Å². The maximum Gasteiger partial charge on any atom is 0.256 e. The molecule has 0 unspecified atom stereocenters. The number of hydrogen-bond acceptors (Lipinski definition) is 7. The van der Waals surface area contributed by atoms with Crippen LogP contribution >= 0.6 is 11.3 Å². The number of thiazole rings is 1. The lowest BCUT2D eigenvalue weighted by atomic mass is 10.2. The number of fused-ring (bicyclic) bond motifs is 1. The number of aromatic nitrogens is 3. The van der Waals surface area contributed by atoms with E-state index < -0.39 is 10.0 Å². The first kappa shape index (κ1) is 27.7. The van der Waals surface area contributed by atoms with Gasteiger partial charge in [-0.25, -0.2) is 13.4 Å². The molecule has 0 aliphatic heterocycles. The molecule has 11 heteroatoms. The summed E-state index contributed by atoms with van der Waals surface area (Å²) < 4.78 is 35.9. The van der Waals surface area contributed by atoms with E-state index in [0.29, 0.717) is 35.4 Å². The number of sulfonamides is 1. The minimum atomic E-state index is -3.63. The fourth-order valence-corrected chi connectivity index (χ4v) is 6.41. The van der Waals surface area contributed by atoms with Gasteiger partial charge in [0.25, 0.3) is 5.91 Å². The lowest BCUT2D eigenvalue weighted by Gasteiger charge is -2.22. The Balaban J connectivity index is 1.54. The predicted molar refractivity (Wildman–Crippen MR) is 151 cm³/mol. The molecule has 2 heterocycles. The minimum absolute atomic E-state index is 0.187. The van der Waals surface area contributed by atoms with Crippen LogP contribution in [0.2, 0.25) is 0 Å². The highest BCUT2D eigenvalue weighted by molar-refractivity contribution is 7.89. The van der Waals surface area contributed by atoms with Crippen LogP contribution in [0.15, 0.2) is 53.4 Å². The number of unbranched alkanes of at least 4 members (excludes halogenated alkanes) is 2. The van der Waals surface area contributed by atoms with Gasteiger partial charge >= 0.3 is 0 Å². The van der Waals surface area contributed by atoms with E-state index in [1.165, 1.54) is 35.6 Å². The summed E-state index contributed by atoms with van der Waals surface area (Å²) in [5, 5.41) is 8.02. The monoisotopic (exact) mass is 555 g/mol. The Morgan fingerprint density at radius 1 is 1.05 bits per heavy atom. The van der Waals surface area contributed by atoms with Gasteiger partial charge in [-0.2, -0.15) is 14.1 Å². The van der Waals surface area contributed by atoms with Crippen molar-refractivity contribution in [3.8, 4) is 10.9 Å². The number of methoxy groups -OCH3 is 1. The Labute approximate surface area is 227 Å². The topological polar surface area (TPSA) is 106 Å². The molecule has 4 aromatic rings. The van der Waals surface area contributed by atoms with Crippen LogP contribution in [0.3, 0.4) is 0 Å². The molecule has 1 amide bonds. The number of nitrogens with one attached hydrogen (secondary N) is 1. The average molecular weight is 556 g/mol. The van der Waals surface area contributed by atoms with Crippen molar-refractivity contribution in [2.45, 2.75) is 51.3 Å². The molecule has 0 aliphatic carbocycles. The van der Waals surface area contributed by atoms with E-state index in [9.17, 15) is 13.2 Å². The number of hydrogen-bond donors (Lipinski definition) is 1. The van der Waals surface area contributed by atoms with Gasteiger partial charge < -0.3 is 10.1 Å². The molecule has 38 heavy (non-hydrogen) atoms. The molecule has 0 aliphatic rings. The Morgan fingerprint density at radius 2 is 1.74 bits per heavy atom. The van der Waals surface area contributed by atoms with Gasteiger partial charge in [0, 0.05) is 30.8 Å². The summed E-state index contributed by atoms with van der Waals surface area (Å²) in [5.74, 6) is 0.816. The van der Waals surface area contributed by atoms with Gasteiger partial charge in [0.15, 0.2) is 0 Å². The minimum Gasteiger partial charge on any atom is -0.497 e. The number of rotatable bonds is 12. The molecule has 0 atom stereocenters. The van der Waals surface area contributed by atoms with Crippen molar-refractivity contribution in [2.24, 2.45) is 0 Å². The zero-order valence-corrected chi connectivity index (χ0v) is 23.7. The highest BCUT2D eigenvalue weighted by Gasteiger charge is 2.24. The molecule has 2 aromatic heterocycles. The van der Waals surface area contributed by atoms with Crippen LogP contribution in [0.25, 0.3) is 15.3 Å². The number of aryl methyl sites for hydroxylation is 1. The molecule has 0 saturated carbocycles. The first-order valence-electron chi connectivity index (χ1n) is 12.7. The van der Waals surface area contributed by atoms with E-state index in [1.807, 2.05) is 39.0 Å². The number of carbonyl (C=O) groups excluding carboxylic acids is 1. The van der Waals surface area contributed by atoms with Gasteiger partial charge in [-0.05, 0) is 56.2 Å². The molecule has 0 spiro atoms. The van der Waals surface area contributed by atoms with Crippen molar-refractivity contribution in [2.75, 3.05) is 25.5 Å². The highest BCUT2D eigenvalue weighted by atomic mass is 32.2. The molecule has 1 N–H and O–H groups in total. The molecular weight excluding hydrogens is 522 g/mol. The van der Waals surface area contributed by atoms with Gasteiger partial charge in [-0.3, -0.25) is 4.79 Å². The Hall–Kier alpha value is -3.28. The van der Waals surface area contributed by atoms with Crippen LogP contribution in [-0.4, -0.2) is 53.6 Å². The SMILES string of the molecule is CCCCN(CCCC)S(=O)(=O)c1ccc(C(=O)Nc2cc(C)nn2-c2nc3cc(OC)ccc3s2)cc1. The summed E-state index contributed by atoms with van der Waals surface area (Å²) in [6.45, 7) is 6.90. The van der Waals surface area contributed by atoms with Crippen molar-refractivity contribution in [3.63, 3.8) is 0 Å². The van der Waals surface area contributed by atoms with E-state index in [-0.39, 0.29) is 10.8 Å². The quantitative estimate of drug-likeness (QED) is 0.242. The Bertz CT molecular complexity index is 1500. The molecule has 0 radical (unpaired) electrons. The van der Waals surface area contributed by atoms with Crippen LogP contribution in [0, 0.1) is 6.92 Å². The summed E-state index contributed by atoms with van der Waals surface area (Å²) in [7, 11) is -2.03. The first-order chi connectivity index (χ1) is 18.3. The Morgan fingerprint density at radius 3 is 2.37 bits per heavy atom. The van der Waals surface area contributed by atoms with E-state index in [2.05, 4.69) is 15.4 Å². The zero-order valence-electron chi connectivity index (χ0n) is 22.1. The van der Waals surface area contributed by atoms with Crippen molar-refractivity contribution in [1.82, 2.24) is 19.1 Å². The summed E-state index contributed by atoms with van der Waals surface area (Å²) in [5.41, 5.74) is 1.84. The molecule has 0 saturated heterocycles. The standard InChI is InChI=1S/C27H33N5O4S2/c1-5-7-15-31(16-8-6-2)38(34,35)22-12-9-20(10-13-22)26(33)29-25-17-19(3)30-32(25)27-28-23-18-21(36-4)11-14-24(23)37-27/h9-14,17-18H,5-8,15-16H2,1-4H3,(H,29,33). The van der Waals surface area contributed by atoms with E-state index >= 15 is 0 Å². The molecule has 9 nitrogen and oxygen atoms in total. The summed E-state index contributed by atoms with van der Waals surface area (Å²) in [4.78, 5) is 17.9. The summed E-state index contributed by atoms with van der Waals surface area (Å²) in [6, 6.07) is 13.5. The van der Waals surface area contributed by atoms with Gasteiger partial charge in [0.2, 0.25) is 15.2 Å².